The number of aromatic amines is 1. The maximum Gasteiger partial charge on any atom is 0.490 e. The van der Waals surface area contributed by atoms with Gasteiger partial charge in [0.15, 0.2) is 0 Å². The topological polar surface area (TPSA) is 392 Å². The fraction of sp³-hybridized carbons (Fsp3) is 0.684. The van der Waals surface area contributed by atoms with Crippen molar-refractivity contribution in [1.29, 1.82) is 0 Å². The third kappa shape index (κ3) is 23.2. The summed E-state index contributed by atoms with van der Waals surface area (Å²) < 4.78 is 52.5. The number of nitrogens with zero attached hydrogens (tertiary/aromatic N) is 4. The van der Waals surface area contributed by atoms with Crippen LogP contribution in [0.2, 0.25) is 0 Å². The van der Waals surface area contributed by atoms with Gasteiger partial charge in [-0.3, -0.25) is 47.6 Å². The molecule has 6 amide bonds. The number of carbonyl (C=O) groups excluding carboxylic acids is 6. The first kappa shape index (κ1) is 60.5. The summed E-state index contributed by atoms with van der Waals surface area (Å²) in [5, 5.41) is 18.4. The number of ether oxygens (including phenoxy) is 1. The number of carbonyl (C=O) groups is 6. The lowest BCUT2D eigenvalue weighted by Gasteiger charge is -2.23. The Kier molecular flexibility index (Phi) is 25.9. The second kappa shape index (κ2) is 29.5. The molecule has 28 nitrogen and oxygen atoms in total. The second-order valence-electron chi connectivity index (χ2n) is 15.0. The highest BCUT2D eigenvalue weighted by atomic mass is 31.3. The van der Waals surface area contributed by atoms with E-state index in [9.17, 15) is 66.9 Å². The summed E-state index contributed by atoms with van der Waals surface area (Å²) in [6, 6.07) is 0. The summed E-state index contributed by atoms with van der Waals surface area (Å²) in [6.07, 6.45) is -3.36. The van der Waals surface area contributed by atoms with Crippen LogP contribution in [0.3, 0.4) is 0 Å². The zero-order chi connectivity index (χ0) is 52.0. The number of aliphatic hydroxyl groups is 1. The first-order valence-corrected chi connectivity index (χ1v) is 26.5. The molecule has 0 bridgehead atoms. The van der Waals surface area contributed by atoms with E-state index in [2.05, 4.69) is 40.9 Å². The molecule has 0 aliphatic carbocycles. The number of aliphatic hydroxyl groups excluding tert-OH is 1. The molecule has 1 aliphatic heterocycles. The number of H-pyrrole nitrogens is 1. The summed E-state index contributed by atoms with van der Waals surface area (Å²) >= 11 is 0. The van der Waals surface area contributed by atoms with Crippen molar-refractivity contribution in [3.8, 4) is 11.8 Å². The van der Waals surface area contributed by atoms with Crippen LogP contribution in [0.25, 0.3) is 0 Å². The van der Waals surface area contributed by atoms with E-state index in [-0.39, 0.29) is 107 Å². The molecule has 0 spiro atoms. The fourth-order valence-corrected chi connectivity index (χ4v) is 9.52. The van der Waals surface area contributed by atoms with Crippen LogP contribution in [-0.2, 0) is 60.3 Å². The molecule has 31 heteroatoms. The molecule has 2 rings (SSSR count). The predicted octanol–water partition coefficient (Wildman–Crippen LogP) is -1.09. The van der Waals surface area contributed by atoms with E-state index in [1.54, 1.807) is 9.80 Å². The highest BCUT2D eigenvalue weighted by molar-refractivity contribution is 7.66. The summed E-state index contributed by atoms with van der Waals surface area (Å²) in [5.74, 6) is 3.13. The molecule has 2 heterocycles. The Morgan fingerprint density at radius 1 is 0.739 bits per heavy atom. The van der Waals surface area contributed by atoms with Gasteiger partial charge in [-0.15, -0.1) is 0 Å². The molecule has 69 heavy (non-hydrogen) atoms. The zero-order valence-corrected chi connectivity index (χ0v) is 41.4. The Balaban J connectivity index is 1.97. The molecule has 2 unspecified atom stereocenters. The van der Waals surface area contributed by atoms with E-state index in [0.29, 0.717) is 39.0 Å². The van der Waals surface area contributed by atoms with Gasteiger partial charge in [0.1, 0.15) is 17.9 Å². The molecule has 0 saturated carbocycles. The summed E-state index contributed by atoms with van der Waals surface area (Å²) in [5.41, 5.74) is -2.24. The van der Waals surface area contributed by atoms with Crippen molar-refractivity contribution >= 4 is 58.9 Å². The number of phosphoric acid groups is 3. The number of hydrogen-bond donors (Lipinski definition) is 9. The lowest BCUT2D eigenvalue weighted by Crippen LogP contribution is -2.37. The SMILES string of the molecule is CCN(CC)C(=O)CCC(=O)NCCCN(CCCNC(=O)CCC(=O)N(CC)CC)C(=O)CCC(=O)NCC#Cc1cn([C@H]2C[C@H](O)[C@@H](COP(=O)(O)OP(=O)(O)OP(=O)(O)O)O2)c(=O)[nH]c1=O. The molecule has 9 N–H and O–H groups in total. The zero-order valence-electron chi connectivity index (χ0n) is 38.7. The second-order valence-corrected chi connectivity index (χ2v) is 19.4. The Morgan fingerprint density at radius 2 is 1.22 bits per heavy atom. The van der Waals surface area contributed by atoms with Gasteiger partial charge in [0.05, 0.1) is 19.3 Å². The minimum atomic E-state index is -5.81. The monoisotopic (exact) mass is 1040 g/mol. The minimum absolute atomic E-state index is 0.00339. The number of amides is 6. The smallest absolute Gasteiger partial charge is 0.390 e. The maximum atomic E-state index is 13.3. The van der Waals surface area contributed by atoms with Crippen LogP contribution in [0.1, 0.15) is 97.3 Å². The van der Waals surface area contributed by atoms with Gasteiger partial charge in [-0.2, -0.15) is 8.62 Å². The van der Waals surface area contributed by atoms with Crippen molar-refractivity contribution in [1.82, 2.24) is 40.2 Å². The third-order valence-electron chi connectivity index (χ3n) is 10.0. The Bertz CT molecular complexity index is 2200. The number of nitrogens with one attached hydrogen (secondary N) is 4. The van der Waals surface area contributed by atoms with E-state index in [1.165, 1.54) is 4.90 Å². The van der Waals surface area contributed by atoms with Gasteiger partial charge in [-0.05, 0) is 40.5 Å². The van der Waals surface area contributed by atoms with Gasteiger partial charge < -0.3 is 60.1 Å². The summed E-state index contributed by atoms with van der Waals surface area (Å²) in [7, 11) is -17.0. The molecule has 1 aromatic rings. The van der Waals surface area contributed by atoms with Crippen LogP contribution in [-0.4, -0.2) is 162 Å². The van der Waals surface area contributed by atoms with E-state index < -0.39 is 71.6 Å². The number of hydrogen-bond acceptors (Lipinski definition) is 16. The third-order valence-corrected chi connectivity index (χ3v) is 13.8. The van der Waals surface area contributed by atoms with Gasteiger partial charge in [0, 0.05) is 104 Å². The Hall–Kier alpha value is -4.61. The van der Waals surface area contributed by atoms with Crippen molar-refractivity contribution in [2.75, 3.05) is 65.5 Å². The molecule has 390 valence electrons. The van der Waals surface area contributed by atoms with Crippen LogP contribution >= 0.6 is 23.5 Å². The van der Waals surface area contributed by atoms with Crippen molar-refractivity contribution in [2.45, 2.75) is 104 Å². The summed E-state index contributed by atoms with van der Waals surface area (Å²) in [6.45, 7) is 8.98. The Labute approximate surface area is 397 Å². The number of aromatic nitrogens is 2. The highest BCUT2D eigenvalue weighted by Gasteiger charge is 2.43. The molecule has 0 aromatic carbocycles. The molecule has 1 aromatic heterocycles. The van der Waals surface area contributed by atoms with Crippen LogP contribution < -0.4 is 27.2 Å². The highest BCUT2D eigenvalue weighted by Crippen LogP contribution is 2.66. The quantitative estimate of drug-likeness (QED) is 0.0251. The maximum absolute atomic E-state index is 13.3. The molecule has 5 atom stereocenters. The average Bonchev–Trinajstić information content (AvgIpc) is 3.63. The van der Waals surface area contributed by atoms with Crippen LogP contribution in [0.5, 0.6) is 0 Å². The van der Waals surface area contributed by atoms with E-state index in [1.807, 2.05) is 32.7 Å². The standard InChI is InChI=1S/C38H63N8O20P3/c1-5-43(6-2)33(51)16-13-31(49)40-20-10-22-45(23-11-21-41-32(50)14-17-34(52)44(7-3)8-4)35(53)18-15-30(48)39-19-9-12-27-25-46(38(55)42-37(27)54)36-24-28(47)29(64-36)26-63-68(59,60)66-69(61,62)65-67(56,57)58/h25,28-29,36,47H,5-8,10-11,13-24,26H2,1-4H3,(H,39,48)(H,40,49)(H,41,50)(H,59,60)(H,61,62)(H,42,54,55)(H2,56,57,58)/t28-,29+,36+/m0/s1. The molecule has 1 aliphatic rings. The molecular formula is C38H63N8O20P3. The summed E-state index contributed by atoms with van der Waals surface area (Å²) in [4.78, 5) is 144. The first-order chi connectivity index (χ1) is 32.3. The van der Waals surface area contributed by atoms with E-state index >= 15 is 0 Å². The molecule has 1 fully saturated rings. The first-order valence-electron chi connectivity index (χ1n) is 21.9. The van der Waals surface area contributed by atoms with Crippen LogP contribution in [0.15, 0.2) is 15.8 Å². The van der Waals surface area contributed by atoms with Crippen molar-refractivity contribution < 1.29 is 85.0 Å². The van der Waals surface area contributed by atoms with Gasteiger partial charge in [-0.1, -0.05) is 11.8 Å². The average molecular weight is 1040 g/mol. The number of rotatable bonds is 30. The lowest BCUT2D eigenvalue weighted by molar-refractivity contribution is -0.134. The minimum Gasteiger partial charge on any atom is -0.390 e. The molecule has 0 radical (unpaired) electrons. The van der Waals surface area contributed by atoms with Crippen molar-refractivity contribution in [2.24, 2.45) is 0 Å². The fourth-order valence-electron chi connectivity index (χ4n) is 6.49. The van der Waals surface area contributed by atoms with Crippen LogP contribution in [0, 0.1) is 11.8 Å². The van der Waals surface area contributed by atoms with Gasteiger partial charge in [-0.25, -0.2) is 18.5 Å². The van der Waals surface area contributed by atoms with Gasteiger partial charge in [0.25, 0.3) is 5.56 Å². The van der Waals surface area contributed by atoms with Gasteiger partial charge >= 0.3 is 29.2 Å². The predicted molar refractivity (Wildman–Crippen MR) is 241 cm³/mol. The largest absolute Gasteiger partial charge is 0.490 e. The lowest BCUT2D eigenvalue weighted by atomic mass is 10.2. The van der Waals surface area contributed by atoms with E-state index in [4.69, 9.17) is 14.5 Å². The molecule has 1 saturated heterocycles. The molecular weight excluding hydrogens is 981 g/mol. The van der Waals surface area contributed by atoms with Crippen LogP contribution in [0.4, 0.5) is 0 Å². The van der Waals surface area contributed by atoms with E-state index in [0.717, 1.165) is 10.8 Å². The van der Waals surface area contributed by atoms with Crippen molar-refractivity contribution in [3.63, 3.8) is 0 Å². The van der Waals surface area contributed by atoms with Gasteiger partial charge in [0.2, 0.25) is 35.4 Å². The van der Waals surface area contributed by atoms with Crippen molar-refractivity contribution in [3.05, 3.63) is 32.6 Å². The number of phosphoric ester groups is 1. The normalized spacial score (nSPS) is 17.3. The Morgan fingerprint density at radius 3 is 1.70 bits per heavy atom.